The normalized spacial score (nSPS) is 35.5. The molecule has 2 atom stereocenters. The molecule has 2 aromatic rings. The monoisotopic (exact) mass is 337 g/mol. The Balaban J connectivity index is 1.49. The fraction of sp³-hybridized carbons (Fsp3) is 0.625. The molecule has 4 saturated carbocycles. The van der Waals surface area contributed by atoms with Crippen molar-refractivity contribution in [1.82, 2.24) is 30.2 Å². The second kappa shape index (κ2) is 4.88. The van der Waals surface area contributed by atoms with Crippen molar-refractivity contribution in [3.05, 3.63) is 18.1 Å². The van der Waals surface area contributed by atoms with E-state index in [0.29, 0.717) is 23.3 Å². The lowest BCUT2D eigenvalue weighted by Gasteiger charge is -2.61. The molecule has 0 saturated heterocycles. The average Bonchev–Trinajstić information content (AvgIpc) is 3.08. The number of hydrogen-bond donors (Lipinski definition) is 2. The van der Waals surface area contributed by atoms with Crippen LogP contribution in [0, 0.1) is 23.2 Å². The highest BCUT2D eigenvalue weighted by Crippen LogP contribution is 2.60. The van der Waals surface area contributed by atoms with Gasteiger partial charge < -0.3 is 11.1 Å². The van der Waals surface area contributed by atoms with Crippen LogP contribution in [-0.4, -0.2) is 35.7 Å². The Morgan fingerprint density at radius 1 is 1.28 bits per heavy atom. The van der Waals surface area contributed by atoms with Crippen molar-refractivity contribution in [2.45, 2.75) is 49.6 Å². The summed E-state index contributed by atoms with van der Waals surface area (Å²) in [5, 5.41) is 25.1. The van der Waals surface area contributed by atoms with E-state index >= 15 is 0 Å². The highest BCUT2D eigenvalue weighted by atomic mass is 15.6. The molecular formula is C16H19N9. The van der Waals surface area contributed by atoms with Gasteiger partial charge in [0.2, 0.25) is 5.95 Å². The van der Waals surface area contributed by atoms with Crippen molar-refractivity contribution in [2.75, 3.05) is 11.1 Å². The number of anilines is 2. The van der Waals surface area contributed by atoms with E-state index in [0.717, 1.165) is 32.1 Å². The third-order valence-corrected chi connectivity index (χ3v) is 6.12. The van der Waals surface area contributed by atoms with Crippen molar-refractivity contribution < 1.29 is 0 Å². The lowest BCUT2D eigenvalue weighted by Crippen LogP contribution is -2.63. The maximum Gasteiger partial charge on any atom is 0.225 e. The van der Waals surface area contributed by atoms with E-state index in [2.05, 4.69) is 30.7 Å². The van der Waals surface area contributed by atoms with E-state index in [1.54, 1.807) is 0 Å². The molecule has 4 bridgehead atoms. The molecule has 3 N–H and O–H groups in total. The van der Waals surface area contributed by atoms with Gasteiger partial charge in [-0.05, 0) is 55.6 Å². The van der Waals surface area contributed by atoms with Gasteiger partial charge in [-0.1, -0.05) is 0 Å². The van der Waals surface area contributed by atoms with Crippen LogP contribution < -0.4 is 11.1 Å². The van der Waals surface area contributed by atoms with Crippen LogP contribution in [0.3, 0.4) is 0 Å². The molecule has 9 nitrogen and oxygen atoms in total. The number of nitrogen functional groups attached to an aromatic ring is 1. The van der Waals surface area contributed by atoms with Crippen LogP contribution in [0.1, 0.15) is 44.1 Å². The molecule has 128 valence electrons. The smallest absolute Gasteiger partial charge is 0.225 e. The summed E-state index contributed by atoms with van der Waals surface area (Å²) in [6.45, 7) is 0. The predicted octanol–water partition coefficient (Wildman–Crippen LogP) is 1.08. The highest BCUT2D eigenvalue weighted by molar-refractivity contribution is 5.50. The first-order chi connectivity index (χ1) is 12.1. The van der Waals surface area contributed by atoms with Crippen LogP contribution in [0.4, 0.5) is 11.8 Å². The second-order valence-corrected chi connectivity index (χ2v) is 7.92. The first-order valence-electron chi connectivity index (χ1n) is 8.64. The molecule has 0 spiro atoms. The van der Waals surface area contributed by atoms with Gasteiger partial charge >= 0.3 is 0 Å². The van der Waals surface area contributed by atoms with Crippen LogP contribution in [0.25, 0.3) is 0 Å². The maximum atomic E-state index is 9.00. The summed E-state index contributed by atoms with van der Waals surface area (Å²) in [4.78, 5) is 10.4. The summed E-state index contributed by atoms with van der Waals surface area (Å²) in [6, 6.07) is 2.00. The van der Waals surface area contributed by atoms with Crippen LogP contribution in [0.2, 0.25) is 0 Å². The van der Waals surface area contributed by atoms with Crippen LogP contribution >= 0.6 is 0 Å². The van der Waals surface area contributed by atoms with Crippen molar-refractivity contribution in [2.24, 2.45) is 11.8 Å². The van der Waals surface area contributed by atoms with Crippen LogP contribution in [0.15, 0.2) is 12.5 Å². The van der Waals surface area contributed by atoms with Crippen LogP contribution in [-0.2, 0) is 5.54 Å². The maximum absolute atomic E-state index is 9.00. The van der Waals surface area contributed by atoms with Crippen molar-refractivity contribution in [1.29, 1.82) is 5.26 Å². The molecule has 0 radical (unpaired) electrons. The van der Waals surface area contributed by atoms with Gasteiger partial charge in [-0.3, -0.25) is 0 Å². The zero-order chi connectivity index (χ0) is 17.1. The third-order valence-electron chi connectivity index (χ3n) is 6.12. The molecular weight excluding hydrogens is 318 g/mol. The Hall–Kier alpha value is -2.76. The zero-order valence-electron chi connectivity index (χ0n) is 13.8. The minimum absolute atomic E-state index is 0.0638. The fourth-order valence-corrected chi connectivity index (χ4v) is 5.76. The van der Waals surface area contributed by atoms with E-state index in [4.69, 9.17) is 11.0 Å². The number of nitriles is 1. The highest BCUT2D eigenvalue weighted by Gasteiger charge is 2.59. The topological polar surface area (TPSA) is 131 Å². The van der Waals surface area contributed by atoms with Gasteiger partial charge in [-0.15, -0.1) is 10.2 Å². The van der Waals surface area contributed by atoms with Crippen molar-refractivity contribution >= 4 is 11.8 Å². The van der Waals surface area contributed by atoms with Crippen LogP contribution in [0.5, 0.6) is 0 Å². The first kappa shape index (κ1) is 14.6. The van der Waals surface area contributed by atoms with Crippen molar-refractivity contribution in [3.8, 4) is 6.07 Å². The lowest BCUT2D eigenvalue weighted by molar-refractivity contribution is -0.0635. The van der Waals surface area contributed by atoms with E-state index in [1.807, 2.05) is 10.9 Å². The molecule has 4 fully saturated rings. The largest absolute Gasteiger partial charge is 0.382 e. The Morgan fingerprint density at radius 2 is 2.08 bits per heavy atom. The zero-order valence-corrected chi connectivity index (χ0v) is 13.8. The Morgan fingerprint density at radius 3 is 2.72 bits per heavy atom. The van der Waals surface area contributed by atoms with E-state index in [-0.39, 0.29) is 16.9 Å². The summed E-state index contributed by atoms with van der Waals surface area (Å²) in [5.74, 6) is 2.02. The van der Waals surface area contributed by atoms with Gasteiger partial charge in [0.15, 0.2) is 6.33 Å². The molecule has 0 aliphatic heterocycles. The summed E-state index contributed by atoms with van der Waals surface area (Å²) in [5.41, 5.74) is 6.03. The van der Waals surface area contributed by atoms with E-state index in [9.17, 15) is 0 Å². The molecule has 2 heterocycles. The minimum atomic E-state index is -0.0711. The third kappa shape index (κ3) is 2.17. The molecule has 25 heavy (non-hydrogen) atoms. The number of tetrazole rings is 1. The van der Waals surface area contributed by atoms with Gasteiger partial charge in [-0.2, -0.15) is 15.0 Å². The van der Waals surface area contributed by atoms with Gasteiger partial charge in [0, 0.05) is 5.54 Å². The molecule has 2 aromatic heterocycles. The number of hydrogen-bond acceptors (Lipinski definition) is 8. The number of rotatable bonds is 3. The molecule has 0 amide bonds. The molecule has 4 aliphatic rings. The average molecular weight is 337 g/mol. The Labute approximate surface area is 144 Å². The first-order valence-corrected chi connectivity index (χ1v) is 8.64. The summed E-state index contributed by atoms with van der Waals surface area (Å²) < 4.78 is 0. The number of nitrogens with zero attached hydrogens (tertiary/aromatic N) is 7. The SMILES string of the molecule is N#Cc1cnc(NC23CC4CC(C2)CC(n2ncnn2)(C4)C3)nc1N. The van der Waals surface area contributed by atoms with Gasteiger partial charge in [0.05, 0.1) is 11.7 Å². The molecule has 6 rings (SSSR count). The number of nitrogens with one attached hydrogen (secondary N) is 1. The molecule has 0 aromatic carbocycles. The molecule has 9 heteroatoms. The fourth-order valence-electron chi connectivity index (χ4n) is 5.76. The number of nitrogens with two attached hydrogens (primary N) is 1. The predicted molar refractivity (Wildman–Crippen MR) is 88.0 cm³/mol. The quantitative estimate of drug-likeness (QED) is 0.850. The Bertz CT molecular complexity index is 839. The summed E-state index contributed by atoms with van der Waals surface area (Å²) in [7, 11) is 0. The summed E-state index contributed by atoms with van der Waals surface area (Å²) in [6.07, 6.45) is 9.64. The summed E-state index contributed by atoms with van der Waals surface area (Å²) >= 11 is 0. The van der Waals surface area contributed by atoms with E-state index < -0.39 is 0 Å². The molecule has 4 aliphatic carbocycles. The standard InChI is InChI=1S/C16H19N9/c17-6-12-7-19-14(22-13(12)18)23-15-2-10-1-11(3-15)5-16(4-10,8-15)25-21-9-20-24-25/h7,9-11H,1-5,8H2,(H3,18,19,22,23). The van der Waals surface area contributed by atoms with Crippen molar-refractivity contribution in [3.63, 3.8) is 0 Å². The minimum Gasteiger partial charge on any atom is -0.382 e. The number of aromatic nitrogens is 6. The van der Waals surface area contributed by atoms with Gasteiger partial charge in [0.1, 0.15) is 17.5 Å². The van der Waals surface area contributed by atoms with E-state index in [1.165, 1.54) is 18.9 Å². The van der Waals surface area contributed by atoms with Gasteiger partial charge in [0.25, 0.3) is 0 Å². The van der Waals surface area contributed by atoms with Gasteiger partial charge in [-0.25, -0.2) is 4.98 Å². The Kier molecular flexibility index (Phi) is 2.84. The molecule has 2 unspecified atom stereocenters. The lowest BCUT2D eigenvalue weighted by atomic mass is 9.50. The second-order valence-electron chi connectivity index (χ2n) is 7.92.